The van der Waals surface area contributed by atoms with E-state index in [9.17, 15) is 37.6 Å². The Hall–Kier alpha value is -3.33. The lowest BCUT2D eigenvalue weighted by molar-refractivity contribution is -0.175. The van der Waals surface area contributed by atoms with Gasteiger partial charge in [-0.1, -0.05) is 37.6 Å². The molecular formula is C25H27ClF3N5O4. The van der Waals surface area contributed by atoms with Crippen molar-refractivity contribution in [3.05, 3.63) is 34.9 Å². The van der Waals surface area contributed by atoms with Crippen molar-refractivity contribution in [1.82, 2.24) is 20.9 Å². The molecule has 204 valence electrons. The van der Waals surface area contributed by atoms with E-state index < -0.39 is 47.9 Å². The summed E-state index contributed by atoms with van der Waals surface area (Å²) >= 11 is 5.89. The standard InChI is InChI=1S/C25H27ClF3N5O4/c1-24(2)16-11-34(19(17(16)24)21(36)32-15(10-30)9-13-7-8-31-20(13)35)22(37)18(33-23(38)25(27,28)29)12-3-5-14(26)6-4-12/h3-6,13,15-19H,7-9,11H2,1-2H3,(H,31,35)(H,32,36)(H,33,38)/t13-,15-,16-,17-,18-,19-/m0/s1. The first-order valence-electron chi connectivity index (χ1n) is 12.2. The quantitative estimate of drug-likeness (QED) is 0.476. The number of nitrogens with zero attached hydrogens (tertiary/aromatic N) is 2. The Kier molecular flexibility index (Phi) is 7.36. The summed E-state index contributed by atoms with van der Waals surface area (Å²) in [6, 6.07) is 3.62. The number of piperidine rings is 1. The molecule has 0 spiro atoms. The van der Waals surface area contributed by atoms with Crippen LogP contribution in [0.2, 0.25) is 5.02 Å². The van der Waals surface area contributed by atoms with Gasteiger partial charge in [-0.15, -0.1) is 0 Å². The summed E-state index contributed by atoms with van der Waals surface area (Å²) in [7, 11) is 0. The van der Waals surface area contributed by atoms with E-state index in [-0.39, 0.29) is 46.7 Å². The van der Waals surface area contributed by atoms with Crippen molar-refractivity contribution in [2.24, 2.45) is 23.2 Å². The lowest BCUT2D eigenvalue weighted by Crippen LogP contribution is -2.55. The van der Waals surface area contributed by atoms with E-state index >= 15 is 0 Å². The van der Waals surface area contributed by atoms with Crippen LogP contribution in [0.5, 0.6) is 0 Å². The molecule has 2 aliphatic heterocycles. The first-order valence-corrected chi connectivity index (χ1v) is 12.5. The van der Waals surface area contributed by atoms with E-state index in [0.29, 0.717) is 13.0 Å². The van der Waals surface area contributed by atoms with E-state index in [4.69, 9.17) is 11.6 Å². The summed E-state index contributed by atoms with van der Waals surface area (Å²) < 4.78 is 39.3. The van der Waals surface area contributed by atoms with Crippen LogP contribution in [0.25, 0.3) is 0 Å². The van der Waals surface area contributed by atoms with Gasteiger partial charge in [0.15, 0.2) is 0 Å². The molecular weight excluding hydrogens is 527 g/mol. The molecule has 0 aromatic heterocycles. The minimum Gasteiger partial charge on any atom is -0.356 e. The largest absolute Gasteiger partial charge is 0.471 e. The number of hydrogen-bond donors (Lipinski definition) is 3. The Balaban J connectivity index is 1.58. The molecule has 6 atom stereocenters. The molecule has 1 saturated carbocycles. The van der Waals surface area contributed by atoms with Crippen molar-refractivity contribution in [3.8, 4) is 6.07 Å². The van der Waals surface area contributed by atoms with Crippen LogP contribution >= 0.6 is 11.6 Å². The van der Waals surface area contributed by atoms with Gasteiger partial charge in [-0.3, -0.25) is 19.2 Å². The number of amides is 4. The number of nitrogens with one attached hydrogen (secondary N) is 3. The van der Waals surface area contributed by atoms with Gasteiger partial charge in [-0.25, -0.2) is 0 Å². The lowest BCUT2D eigenvalue weighted by Gasteiger charge is -2.33. The Bertz CT molecular complexity index is 1180. The normalized spacial score (nSPS) is 27.0. The molecule has 0 radical (unpaired) electrons. The second kappa shape index (κ2) is 10.1. The van der Waals surface area contributed by atoms with Crippen LogP contribution in [0.3, 0.4) is 0 Å². The molecule has 3 N–H and O–H groups in total. The Morgan fingerprint density at radius 2 is 1.89 bits per heavy atom. The van der Waals surface area contributed by atoms with Crippen LogP contribution in [0.1, 0.15) is 38.3 Å². The van der Waals surface area contributed by atoms with Crippen molar-refractivity contribution < 1.29 is 32.3 Å². The van der Waals surface area contributed by atoms with Crippen LogP contribution in [-0.2, 0) is 19.2 Å². The minimum atomic E-state index is -5.23. The Morgan fingerprint density at radius 3 is 2.45 bits per heavy atom. The smallest absolute Gasteiger partial charge is 0.356 e. The predicted molar refractivity (Wildman–Crippen MR) is 128 cm³/mol. The number of rotatable bonds is 7. The number of carbonyl (C=O) groups is 4. The number of likely N-dealkylation sites (tertiary alicyclic amines) is 1. The van der Waals surface area contributed by atoms with Gasteiger partial charge in [0, 0.05) is 24.0 Å². The summed E-state index contributed by atoms with van der Waals surface area (Å²) in [4.78, 5) is 52.1. The highest BCUT2D eigenvalue weighted by atomic mass is 35.5. The summed E-state index contributed by atoms with van der Waals surface area (Å²) in [6.07, 6.45) is -4.61. The maximum atomic E-state index is 13.7. The number of nitriles is 1. The van der Waals surface area contributed by atoms with Crippen LogP contribution in [0.4, 0.5) is 13.2 Å². The topological polar surface area (TPSA) is 131 Å². The number of benzene rings is 1. The van der Waals surface area contributed by atoms with Crippen LogP contribution in [0.15, 0.2) is 24.3 Å². The van der Waals surface area contributed by atoms with Gasteiger partial charge in [-0.05, 0) is 47.8 Å². The molecule has 13 heteroatoms. The van der Waals surface area contributed by atoms with Crippen molar-refractivity contribution in [2.75, 3.05) is 13.1 Å². The molecule has 3 fully saturated rings. The van der Waals surface area contributed by atoms with E-state index in [1.807, 2.05) is 19.9 Å². The van der Waals surface area contributed by atoms with Gasteiger partial charge in [0.05, 0.1) is 6.07 Å². The number of fused-ring (bicyclic) bond motifs is 1. The van der Waals surface area contributed by atoms with Crippen LogP contribution < -0.4 is 16.0 Å². The lowest BCUT2D eigenvalue weighted by atomic mass is 9.96. The molecule has 1 aromatic rings. The highest BCUT2D eigenvalue weighted by Crippen LogP contribution is 2.65. The van der Waals surface area contributed by atoms with Crippen LogP contribution in [0, 0.1) is 34.5 Å². The van der Waals surface area contributed by atoms with Gasteiger partial charge >= 0.3 is 12.1 Å². The monoisotopic (exact) mass is 553 g/mol. The predicted octanol–water partition coefficient (Wildman–Crippen LogP) is 2.08. The summed E-state index contributed by atoms with van der Waals surface area (Å²) in [5, 5.41) is 17.0. The average Bonchev–Trinajstić information content (AvgIpc) is 3.20. The van der Waals surface area contributed by atoms with E-state index in [1.54, 1.807) is 5.32 Å². The molecule has 3 aliphatic rings. The number of hydrogen-bond acceptors (Lipinski definition) is 5. The van der Waals surface area contributed by atoms with E-state index in [0.717, 1.165) is 0 Å². The molecule has 2 saturated heterocycles. The SMILES string of the molecule is CC1(C)[C@@H]2[C@@H](C(=O)N[C@H](C#N)C[C@@H]3CCNC3=O)N(C(=O)[C@@H](NC(=O)C(F)(F)F)c3ccc(Cl)cc3)C[C@@H]21. The van der Waals surface area contributed by atoms with Gasteiger partial charge in [0.25, 0.3) is 5.91 Å². The number of halogens is 4. The summed E-state index contributed by atoms with van der Waals surface area (Å²) in [6.45, 7) is 4.44. The van der Waals surface area contributed by atoms with Crippen molar-refractivity contribution >= 4 is 35.2 Å². The van der Waals surface area contributed by atoms with Gasteiger partial charge in [0.1, 0.15) is 18.1 Å². The summed E-state index contributed by atoms with van der Waals surface area (Å²) in [5.41, 5.74) is -0.241. The zero-order valence-corrected chi connectivity index (χ0v) is 21.4. The first-order chi connectivity index (χ1) is 17.8. The highest BCUT2D eigenvalue weighted by Gasteiger charge is 2.69. The van der Waals surface area contributed by atoms with Gasteiger partial charge in [-0.2, -0.15) is 18.4 Å². The Morgan fingerprint density at radius 1 is 1.24 bits per heavy atom. The molecule has 0 bridgehead atoms. The zero-order valence-electron chi connectivity index (χ0n) is 20.6. The third-order valence-electron chi connectivity index (χ3n) is 7.90. The molecule has 2 heterocycles. The first kappa shape index (κ1) is 27.7. The average molecular weight is 554 g/mol. The molecule has 9 nitrogen and oxygen atoms in total. The third-order valence-corrected chi connectivity index (χ3v) is 8.15. The Labute approximate surface area is 222 Å². The maximum absolute atomic E-state index is 13.7. The number of carbonyl (C=O) groups excluding carboxylic acids is 4. The fourth-order valence-electron chi connectivity index (χ4n) is 5.69. The fraction of sp³-hybridized carbons (Fsp3) is 0.560. The van der Waals surface area contributed by atoms with Crippen molar-refractivity contribution in [3.63, 3.8) is 0 Å². The molecule has 4 rings (SSSR count). The highest BCUT2D eigenvalue weighted by molar-refractivity contribution is 6.30. The van der Waals surface area contributed by atoms with Crippen LogP contribution in [-0.4, -0.2) is 59.9 Å². The fourth-order valence-corrected chi connectivity index (χ4v) is 5.82. The second-order valence-corrected chi connectivity index (χ2v) is 11.0. The third kappa shape index (κ3) is 5.29. The molecule has 4 amide bonds. The summed E-state index contributed by atoms with van der Waals surface area (Å²) in [5.74, 6) is -4.81. The van der Waals surface area contributed by atoms with E-state index in [2.05, 4.69) is 10.6 Å². The molecule has 1 aliphatic carbocycles. The second-order valence-electron chi connectivity index (χ2n) is 10.5. The molecule has 38 heavy (non-hydrogen) atoms. The zero-order chi connectivity index (χ0) is 28.0. The van der Waals surface area contributed by atoms with E-state index in [1.165, 1.54) is 29.2 Å². The van der Waals surface area contributed by atoms with Gasteiger partial charge < -0.3 is 20.9 Å². The minimum absolute atomic E-state index is 0.0677. The number of alkyl halides is 3. The van der Waals surface area contributed by atoms with Crippen molar-refractivity contribution in [1.29, 1.82) is 5.26 Å². The molecule has 1 aromatic carbocycles. The maximum Gasteiger partial charge on any atom is 0.471 e. The molecule has 0 unspecified atom stereocenters. The van der Waals surface area contributed by atoms with Gasteiger partial charge in [0.2, 0.25) is 11.8 Å². The van der Waals surface area contributed by atoms with Crippen molar-refractivity contribution in [2.45, 2.75) is 51.0 Å².